The molecule has 17 heavy (non-hydrogen) atoms. The van der Waals surface area contributed by atoms with Gasteiger partial charge in [-0.05, 0) is 36.9 Å². The van der Waals surface area contributed by atoms with Crippen LogP contribution >= 0.6 is 11.3 Å². The standard InChI is InChI=1S/C13H17NO2S/c1-10(8-11-4-3-7-17-11)14-9-12(15)13-5-2-6-16-13/h2-7,10,12,14-15H,8-9H2,1H3. The molecule has 0 aliphatic carbocycles. The zero-order chi connectivity index (χ0) is 12.1. The molecule has 2 rings (SSSR count). The van der Waals surface area contributed by atoms with Gasteiger partial charge in [-0.3, -0.25) is 0 Å². The van der Waals surface area contributed by atoms with Crippen molar-refractivity contribution < 1.29 is 9.52 Å². The van der Waals surface area contributed by atoms with Crippen molar-refractivity contribution in [3.8, 4) is 0 Å². The summed E-state index contributed by atoms with van der Waals surface area (Å²) in [5, 5.41) is 15.2. The topological polar surface area (TPSA) is 45.4 Å². The predicted molar refractivity (Wildman–Crippen MR) is 69.2 cm³/mol. The Kier molecular flexibility index (Phi) is 4.36. The number of hydrogen-bond acceptors (Lipinski definition) is 4. The molecule has 0 aliphatic rings. The van der Waals surface area contributed by atoms with Gasteiger partial charge in [-0.25, -0.2) is 0 Å². The molecule has 0 saturated carbocycles. The van der Waals surface area contributed by atoms with E-state index in [0.717, 1.165) is 6.42 Å². The summed E-state index contributed by atoms with van der Waals surface area (Å²) in [6.07, 6.45) is 1.99. The molecule has 0 aliphatic heterocycles. The van der Waals surface area contributed by atoms with Crippen molar-refractivity contribution in [2.24, 2.45) is 0 Å². The van der Waals surface area contributed by atoms with Gasteiger partial charge < -0.3 is 14.8 Å². The summed E-state index contributed by atoms with van der Waals surface area (Å²) in [6, 6.07) is 8.11. The van der Waals surface area contributed by atoms with E-state index in [4.69, 9.17) is 4.42 Å². The van der Waals surface area contributed by atoms with Crippen molar-refractivity contribution in [2.75, 3.05) is 6.54 Å². The molecular weight excluding hydrogens is 234 g/mol. The maximum absolute atomic E-state index is 9.83. The van der Waals surface area contributed by atoms with Crippen LogP contribution in [0.2, 0.25) is 0 Å². The van der Waals surface area contributed by atoms with Gasteiger partial charge in [0.15, 0.2) is 0 Å². The molecule has 2 atom stereocenters. The predicted octanol–water partition coefficient (Wildman–Crippen LogP) is 2.60. The van der Waals surface area contributed by atoms with E-state index < -0.39 is 6.10 Å². The Morgan fingerprint density at radius 1 is 1.41 bits per heavy atom. The monoisotopic (exact) mass is 251 g/mol. The van der Waals surface area contributed by atoms with Crippen molar-refractivity contribution in [3.05, 3.63) is 46.5 Å². The van der Waals surface area contributed by atoms with E-state index in [-0.39, 0.29) is 0 Å². The number of aliphatic hydroxyl groups is 1. The second kappa shape index (κ2) is 6.00. The summed E-state index contributed by atoms with van der Waals surface area (Å²) in [5.41, 5.74) is 0. The van der Waals surface area contributed by atoms with E-state index in [1.807, 2.05) is 0 Å². The Morgan fingerprint density at radius 3 is 2.94 bits per heavy atom. The lowest BCUT2D eigenvalue weighted by Crippen LogP contribution is -2.31. The van der Waals surface area contributed by atoms with Crippen LogP contribution < -0.4 is 5.32 Å². The fraction of sp³-hybridized carbons (Fsp3) is 0.385. The van der Waals surface area contributed by atoms with Crippen molar-refractivity contribution in [1.29, 1.82) is 0 Å². The number of aliphatic hydroxyl groups excluding tert-OH is 1. The second-order valence-electron chi connectivity index (χ2n) is 4.12. The quantitative estimate of drug-likeness (QED) is 0.829. The van der Waals surface area contributed by atoms with Gasteiger partial charge in [-0.1, -0.05) is 6.07 Å². The summed E-state index contributed by atoms with van der Waals surface area (Å²) in [4.78, 5) is 1.36. The van der Waals surface area contributed by atoms with Gasteiger partial charge in [0.2, 0.25) is 0 Å². The Balaban J connectivity index is 1.74. The molecule has 0 aromatic carbocycles. The highest BCUT2D eigenvalue weighted by molar-refractivity contribution is 7.09. The lowest BCUT2D eigenvalue weighted by molar-refractivity contribution is 0.144. The fourth-order valence-corrected chi connectivity index (χ4v) is 2.53. The number of nitrogens with one attached hydrogen (secondary N) is 1. The first-order valence-corrected chi connectivity index (χ1v) is 6.61. The zero-order valence-electron chi connectivity index (χ0n) is 9.80. The van der Waals surface area contributed by atoms with Crippen LogP contribution in [0.5, 0.6) is 0 Å². The highest BCUT2D eigenvalue weighted by Gasteiger charge is 2.12. The van der Waals surface area contributed by atoms with Crippen molar-refractivity contribution in [3.63, 3.8) is 0 Å². The number of hydrogen-bond donors (Lipinski definition) is 2. The minimum atomic E-state index is -0.573. The van der Waals surface area contributed by atoms with Crippen LogP contribution in [0.1, 0.15) is 23.7 Å². The van der Waals surface area contributed by atoms with Gasteiger partial charge in [0.05, 0.1) is 6.26 Å². The molecule has 0 spiro atoms. The number of thiophene rings is 1. The lowest BCUT2D eigenvalue weighted by Gasteiger charge is -2.15. The van der Waals surface area contributed by atoms with Gasteiger partial charge in [-0.2, -0.15) is 0 Å². The summed E-state index contributed by atoms with van der Waals surface area (Å²) in [5.74, 6) is 0.612. The molecule has 2 heterocycles. The smallest absolute Gasteiger partial charge is 0.133 e. The van der Waals surface area contributed by atoms with Crippen LogP contribution in [-0.4, -0.2) is 17.7 Å². The van der Waals surface area contributed by atoms with Gasteiger partial charge in [0, 0.05) is 17.5 Å². The molecule has 0 fully saturated rings. The Bertz CT molecular complexity index is 411. The largest absolute Gasteiger partial charge is 0.467 e. The Morgan fingerprint density at radius 2 is 2.29 bits per heavy atom. The summed E-state index contributed by atoms with van der Waals surface area (Å²) >= 11 is 1.76. The first-order valence-electron chi connectivity index (χ1n) is 5.73. The van der Waals surface area contributed by atoms with Crippen LogP contribution in [0.3, 0.4) is 0 Å². The highest BCUT2D eigenvalue weighted by Crippen LogP contribution is 2.13. The van der Waals surface area contributed by atoms with Gasteiger partial charge in [-0.15, -0.1) is 11.3 Å². The van der Waals surface area contributed by atoms with E-state index in [9.17, 15) is 5.11 Å². The Hall–Kier alpha value is -1.10. The van der Waals surface area contributed by atoms with Gasteiger partial charge in [0.25, 0.3) is 0 Å². The Labute approximate surface area is 105 Å². The molecule has 2 aromatic rings. The maximum Gasteiger partial charge on any atom is 0.133 e. The molecule has 0 amide bonds. The molecule has 0 bridgehead atoms. The average molecular weight is 251 g/mol. The van der Waals surface area contributed by atoms with E-state index in [1.54, 1.807) is 29.7 Å². The fourth-order valence-electron chi connectivity index (χ4n) is 1.70. The van der Waals surface area contributed by atoms with Gasteiger partial charge >= 0.3 is 0 Å². The zero-order valence-corrected chi connectivity index (χ0v) is 10.6. The molecule has 92 valence electrons. The van der Waals surface area contributed by atoms with E-state index >= 15 is 0 Å². The minimum Gasteiger partial charge on any atom is -0.467 e. The van der Waals surface area contributed by atoms with Crippen LogP contribution in [0.4, 0.5) is 0 Å². The third-order valence-corrected chi connectivity index (χ3v) is 3.52. The molecule has 2 aromatic heterocycles. The van der Waals surface area contributed by atoms with Crippen LogP contribution in [-0.2, 0) is 6.42 Å². The van der Waals surface area contributed by atoms with Crippen LogP contribution in [0.25, 0.3) is 0 Å². The van der Waals surface area contributed by atoms with Crippen LogP contribution in [0, 0.1) is 0 Å². The maximum atomic E-state index is 9.83. The highest BCUT2D eigenvalue weighted by atomic mass is 32.1. The first kappa shape index (κ1) is 12.4. The molecule has 0 radical (unpaired) electrons. The molecule has 0 saturated heterocycles. The number of rotatable bonds is 6. The average Bonchev–Trinajstić information content (AvgIpc) is 2.97. The molecular formula is C13H17NO2S. The summed E-state index contributed by atoms with van der Waals surface area (Å²) < 4.78 is 5.15. The third kappa shape index (κ3) is 3.70. The SMILES string of the molecule is CC(Cc1cccs1)NCC(O)c1ccco1. The molecule has 2 unspecified atom stereocenters. The third-order valence-electron chi connectivity index (χ3n) is 2.62. The molecule has 4 heteroatoms. The van der Waals surface area contributed by atoms with Crippen molar-refractivity contribution in [1.82, 2.24) is 5.32 Å². The van der Waals surface area contributed by atoms with E-state index in [0.29, 0.717) is 18.3 Å². The lowest BCUT2D eigenvalue weighted by atomic mass is 10.2. The van der Waals surface area contributed by atoms with Gasteiger partial charge in [0.1, 0.15) is 11.9 Å². The summed E-state index contributed by atoms with van der Waals surface area (Å²) in [6.45, 7) is 2.63. The van der Waals surface area contributed by atoms with Crippen LogP contribution in [0.15, 0.2) is 40.3 Å². The number of furan rings is 1. The first-order chi connectivity index (χ1) is 8.25. The molecule has 2 N–H and O–H groups in total. The van der Waals surface area contributed by atoms with Crippen molar-refractivity contribution >= 4 is 11.3 Å². The molecule has 3 nitrogen and oxygen atoms in total. The minimum absolute atomic E-state index is 0.346. The second-order valence-corrected chi connectivity index (χ2v) is 5.16. The summed E-state index contributed by atoms with van der Waals surface area (Å²) in [7, 11) is 0. The van der Waals surface area contributed by atoms with E-state index in [2.05, 4.69) is 29.8 Å². The van der Waals surface area contributed by atoms with E-state index in [1.165, 1.54) is 4.88 Å². The normalized spacial score (nSPS) is 14.7. The van der Waals surface area contributed by atoms with Crippen molar-refractivity contribution in [2.45, 2.75) is 25.5 Å².